The first-order chi connectivity index (χ1) is 8.90. The molecule has 1 aromatic carbocycles. The van der Waals surface area contributed by atoms with Gasteiger partial charge in [0, 0.05) is 7.05 Å². The Labute approximate surface area is 115 Å². The monoisotopic (exact) mass is 286 g/mol. The number of carbonyl (C=O) groups is 2. The molecule has 0 heterocycles. The van der Waals surface area contributed by atoms with Crippen LogP contribution in [0.3, 0.4) is 0 Å². The van der Waals surface area contributed by atoms with Gasteiger partial charge in [-0.2, -0.15) is 0 Å². The number of anilines is 1. The Morgan fingerprint density at radius 1 is 1.37 bits per heavy atom. The molecule has 0 unspecified atom stereocenters. The molecular formula is C12H15FN2O3S. The zero-order valence-electron chi connectivity index (χ0n) is 10.8. The largest absolute Gasteiger partial charge is 0.454 e. The fourth-order valence-corrected chi connectivity index (χ4v) is 1.71. The van der Waals surface area contributed by atoms with Crippen LogP contribution in [0.2, 0.25) is 0 Å². The molecule has 5 nitrogen and oxygen atoms in total. The highest BCUT2D eigenvalue weighted by Crippen LogP contribution is 2.17. The molecule has 0 atom stereocenters. The van der Waals surface area contributed by atoms with Crippen molar-refractivity contribution >= 4 is 29.0 Å². The maximum atomic E-state index is 13.3. The highest BCUT2D eigenvalue weighted by atomic mass is 32.2. The normalized spacial score (nSPS) is 10.2. The van der Waals surface area contributed by atoms with Crippen molar-refractivity contribution in [1.29, 1.82) is 0 Å². The summed E-state index contributed by atoms with van der Waals surface area (Å²) in [6.45, 7) is 3.41. The second-order valence-electron chi connectivity index (χ2n) is 3.92. The summed E-state index contributed by atoms with van der Waals surface area (Å²) in [6.07, 6.45) is -0.261. The number of rotatable bonds is 2. The van der Waals surface area contributed by atoms with Gasteiger partial charge in [-0.1, -0.05) is 12.1 Å². The van der Waals surface area contributed by atoms with Crippen molar-refractivity contribution in [2.45, 2.75) is 20.0 Å². The van der Waals surface area contributed by atoms with Crippen molar-refractivity contribution in [3.8, 4) is 0 Å². The second kappa shape index (κ2) is 6.98. The Hall–Kier alpha value is -1.76. The van der Waals surface area contributed by atoms with Gasteiger partial charge in [0.25, 0.3) is 0 Å². The van der Waals surface area contributed by atoms with E-state index in [-0.39, 0.29) is 11.8 Å². The summed E-state index contributed by atoms with van der Waals surface area (Å²) in [5.74, 6) is -0.543. The van der Waals surface area contributed by atoms with Gasteiger partial charge in [0.15, 0.2) is 0 Å². The summed E-state index contributed by atoms with van der Waals surface area (Å²) >= 11 is 0.599. The predicted molar refractivity (Wildman–Crippen MR) is 72.4 cm³/mol. The van der Waals surface area contributed by atoms with Gasteiger partial charge in [0.05, 0.1) is 23.7 Å². The minimum atomic E-state index is -0.615. The molecule has 0 aliphatic rings. The summed E-state index contributed by atoms with van der Waals surface area (Å²) in [5, 5.41) is 1.76. The highest BCUT2D eigenvalue weighted by molar-refractivity contribution is 8.11. The quantitative estimate of drug-likeness (QED) is 0.668. The molecule has 1 N–H and O–H groups in total. The Morgan fingerprint density at radius 3 is 2.58 bits per heavy atom. The number of carbonyl (C=O) groups excluding carboxylic acids is 2. The van der Waals surface area contributed by atoms with E-state index in [4.69, 9.17) is 4.74 Å². The van der Waals surface area contributed by atoms with Crippen molar-refractivity contribution in [1.82, 2.24) is 4.31 Å². The molecule has 1 rings (SSSR count). The minimum Gasteiger partial charge on any atom is -0.454 e. The summed E-state index contributed by atoms with van der Waals surface area (Å²) in [4.78, 5) is 23.0. The highest BCUT2D eigenvalue weighted by Gasteiger charge is 2.17. The Balaban J connectivity index is 2.54. The van der Waals surface area contributed by atoms with Crippen molar-refractivity contribution in [3.63, 3.8) is 0 Å². The van der Waals surface area contributed by atoms with Crippen LogP contribution in [-0.4, -0.2) is 28.8 Å². The maximum absolute atomic E-state index is 13.3. The zero-order chi connectivity index (χ0) is 14.4. The van der Waals surface area contributed by atoms with E-state index in [1.165, 1.54) is 25.2 Å². The van der Waals surface area contributed by atoms with Gasteiger partial charge in [-0.05, 0) is 26.0 Å². The third-order valence-corrected chi connectivity index (χ3v) is 2.63. The number of nitrogens with one attached hydrogen (secondary N) is 1. The van der Waals surface area contributed by atoms with Crippen LogP contribution in [-0.2, 0) is 4.74 Å². The number of halogens is 1. The maximum Gasteiger partial charge on any atom is 0.388 e. The number of nitrogens with zero attached hydrogens (tertiary/aromatic N) is 1. The Bertz CT molecular complexity index is 468. The molecule has 7 heteroatoms. The third kappa shape index (κ3) is 5.17. The van der Waals surface area contributed by atoms with Crippen molar-refractivity contribution < 1.29 is 18.7 Å². The number of amides is 2. The zero-order valence-corrected chi connectivity index (χ0v) is 11.7. The lowest BCUT2D eigenvalue weighted by atomic mass is 10.3. The van der Waals surface area contributed by atoms with Gasteiger partial charge in [-0.3, -0.25) is 4.31 Å². The van der Waals surface area contributed by atoms with Gasteiger partial charge in [-0.25, -0.2) is 14.0 Å². The average Bonchev–Trinajstić information content (AvgIpc) is 2.30. The van der Waals surface area contributed by atoms with Gasteiger partial charge < -0.3 is 10.1 Å². The van der Waals surface area contributed by atoms with Crippen LogP contribution < -0.4 is 5.32 Å². The van der Waals surface area contributed by atoms with E-state index in [0.29, 0.717) is 11.9 Å². The van der Waals surface area contributed by atoms with Crippen LogP contribution >= 0.6 is 11.9 Å². The van der Waals surface area contributed by atoms with Crippen LogP contribution in [0, 0.1) is 5.82 Å². The number of para-hydroxylation sites is 1. The lowest BCUT2D eigenvalue weighted by Crippen LogP contribution is -2.28. The number of urea groups is 1. The third-order valence-electron chi connectivity index (χ3n) is 1.94. The van der Waals surface area contributed by atoms with E-state index in [0.717, 1.165) is 4.31 Å². The molecule has 0 spiro atoms. The molecule has 104 valence electrons. The van der Waals surface area contributed by atoms with E-state index < -0.39 is 17.1 Å². The fraction of sp³-hybridized carbons (Fsp3) is 0.333. The van der Waals surface area contributed by atoms with Crippen LogP contribution in [0.5, 0.6) is 0 Å². The molecule has 0 fully saturated rings. The summed E-state index contributed by atoms with van der Waals surface area (Å²) in [7, 11) is 1.39. The molecule has 0 aliphatic carbocycles. The van der Waals surface area contributed by atoms with Crippen LogP contribution in [0.25, 0.3) is 0 Å². The van der Waals surface area contributed by atoms with Crippen molar-refractivity contribution in [2.24, 2.45) is 0 Å². The number of ether oxygens (including phenoxy) is 1. The fourth-order valence-electron chi connectivity index (χ4n) is 1.12. The average molecular weight is 286 g/mol. The predicted octanol–water partition coefficient (Wildman–Crippen LogP) is 3.48. The number of benzene rings is 1. The van der Waals surface area contributed by atoms with Crippen molar-refractivity contribution in [3.05, 3.63) is 30.1 Å². The molecule has 0 bridgehead atoms. The minimum absolute atomic E-state index is 0.0529. The molecule has 2 amide bonds. The van der Waals surface area contributed by atoms with Gasteiger partial charge in [-0.15, -0.1) is 0 Å². The molecule has 0 saturated carbocycles. The van der Waals surface area contributed by atoms with Gasteiger partial charge in [0.2, 0.25) is 0 Å². The molecular weight excluding hydrogens is 271 g/mol. The summed E-state index contributed by atoms with van der Waals surface area (Å²) in [6, 6.07) is 5.16. The van der Waals surface area contributed by atoms with Crippen LogP contribution in [0.4, 0.5) is 19.7 Å². The molecule has 0 aliphatic heterocycles. The second-order valence-corrected chi connectivity index (χ2v) is 4.98. The first-order valence-electron chi connectivity index (χ1n) is 5.58. The first-order valence-corrected chi connectivity index (χ1v) is 6.35. The van der Waals surface area contributed by atoms with E-state index >= 15 is 0 Å². The summed E-state index contributed by atoms with van der Waals surface area (Å²) < 4.78 is 19.2. The van der Waals surface area contributed by atoms with Crippen LogP contribution in [0.1, 0.15) is 13.8 Å². The lowest BCUT2D eigenvalue weighted by Gasteiger charge is -2.16. The topological polar surface area (TPSA) is 58.6 Å². The van der Waals surface area contributed by atoms with E-state index in [1.807, 2.05) is 0 Å². The smallest absolute Gasteiger partial charge is 0.388 e. The van der Waals surface area contributed by atoms with Gasteiger partial charge >= 0.3 is 11.3 Å². The summed E-state index contributed by atoms with van der Waals surface area (Å²) in [5.41, 5.74) is 0.0529. The number of hydrogen-bond donors (Lipinski definition) is 1. The Kier molecular flexibility index (Phi) is 5.62. The lowest BCUT2D eigenvalue weighted by molar-refractivity contribution is 0.142. The van der Waals surface area contributed by atoms with E-state index in [1.54, 1.807) is 19.9 Å². The Morgan fingerprint density at radius 2 is 2.00 bits per heavy atom. The van der Waals surface area contributed by atoms with Crippen molar-refractivity contribution in [2.75, 3.05) is 12.4 Å². The molecule has 1 aromatic rings. The standard InChI is InChI=1S/C12H15FN2O3S/c1-8(2)18-12(17)19-15(3)11(16)14-10-7-5-4-6-9(10)13/h4-8H,1-3H3,(H,14,16). The van der Waals surface area contributed by atoms with Gasteiger partial charge in [0.1, 0.15) is 5.82 Å². The molecule has 19 heavy (non-hydrogen) atoms. The molecule has 0 aromatic heterocycles. The van der Waals surface area contributed by atoms with E-state index in [9.17, 15) is 14.0 Å². The SMILES string of the molecule is CC(C)OC(=O)SN(C)C(=O)Nc1ccccc1F. The van der Waals surface area contributed by atoms with Crippen LogP contribution in [0.15, 0.2) is 24.3 Å². The first kappa shape index (κ1) is 15.3. The van der Waals surface area contributed by atoms with E-state index in [2.05, 4.69) is 5.32 Å². The number of hydrogen-bond acceptors (Lipinski definition) is 4. The molecule has 0 radical (unpaired) electrons. The molecule has 0 saturated heterocycles.